The molecule has 1 fully saturated rings. The summed E-state index contributed by atoms with van der Waals surface area (Å²) in [5, 5.41) is 7.37. The molecule has 0 unspecified atom stereocenters. The zero-order chi connectivity index (χ0) is 22.1. The van der Waals surface area contributed by atoms with E-state index in [2.05, 4.69) is 47.7 Å². The van der Waals surface area contributed by atoms with Gasteiger partial charge < -0.3 is 14.8 Å². The summed E-state index contributed by atoms with van der Waals surface area (Å²) < 4.78 is 13.2. The van der Waals surface area contributed by atoms with Gasteiger partial charge in [-0.05, 0) is 64.2 Å². The minimum atomic E-state index is -0.151. The summed E-state index contributed by atoms with van der Waals surface area (Å²) in [6, 6.07) is 12.1. The quantitative estimate of drug-likeness (QED) is 0.332. The van der Waals surface area contributed by atoms with Crippen LogP contribution in [-0.2, 0) is 11.4 Å². The van der Waals surface area contributed by atoms with E-state index in [-0.39, 0.29) is 12.5 Å². The Labute approximate surface area is 200 Å². The zero-order valence-corrected chi connectivity index (χ0v) is 20.7. The van der Waals surface area contributed by atoms with Crippen LogP contribution in [0.15, 0.2) is 50.4 Å². The summed E-state index contributed by atoms with van der Waals surface area (Å²) in [6.45, 7) is 0.692. The smallest absolute Gasteiger partial charge is 0.254 e. The third-order valence-electron chi connectivity index (χ3n) is 5.11. The lowest BCUT2D eigenvalue weighted by molar-refractivity contribution is -0.120. The molecule has 0 heterocycles. The van der Waals surface area contributed by atoms with E-state index in [1.54, 1.807) is 13.3 Å². The predicted molar refractivity (Wildman–Crippen MR) is 130 cm³/mol. The molecule has 1 aliphatic rings. The van der Waals surface area contributed by atoms with Crippen molar-refractivity contribution in [3.05, 3.63) is 56.5 Å². The van der Waals surface area contributed by atoms with Crippen LogP contribution in [0.4, 0.5) is 0 Å². The Morgan fingerprint density at radius 3 is 2.61 bits per heavy atom. The number of ether oxygens (including phenoxy) is 2. The number of rotatable bonds is 9. The Hall–Kier alpha value is -1.90. The molecule has 0 saturated heterocycles. The summed E-state index contributed by atoms with van der Waals surface area (Å²) in [5.74, 6) is 1.05. The number of hydrogen-bond acceptors (Lipinski definition) is 5. The molecule has 1 aliphatic carbocycles. The second kappa shape index (κ2) is 12.2. The first-order valence-corrected chi connectivity index (χ1v) is 11.9. The molecule has 3 rings (SSSR count). The third-order valence-corrected chi connectivity index (χ3v) is 6.23. The molecule has 0 aliphatic heterocycles. The van der Waals surface area contributed by atoms with Crippen LogP contribution in [0.25, 0.3) is 0 Å². The van der Waals surface area contributed by atoms with Crippen LogP contribution in [0.2, 0.25) is 0 Å². The van der Waals surface area contributed by atoms with Crippen LogP contribution in [0.3, 0.4) is 0 Å². The molecule has 2 N–H and O–H groups in total. The van der Waals surface area contributed by atoms with Gasteiger partial charge in [-0.1, -0.05) is 47.3 Å². The van der Waals surface area contributed by atoms with Crippen LogP contribution >= 0.6 is 31.9 Å². The topological polar surface area (TPSA) is 72.0 Å². The summed E-state index contributed by atoms with van der Waals surface area (Å²) in [4.78, 5) is 12.0. The normalized spacial score (nSPS) is 14.5. The highest BCUT2D eigenvalue weighted by Crippen LogP contribution is 2.36. The molecule has 8 heteroatoms. The minimum Gasteiger partial charge on any atom is -0.493 e. The number of halogens is 2. The first-order valence-electron chi connectivity index (χ1n) is 10.3. The molecule has 0 spiro atoms. The van der Waals surface area contributed by atoms with E-state index in [0.29, 0.717) is 24.1 Å². The number of nitrogens with one attached hydrogen (secondary N) is 2. The largest absolute Gasteiger partial charge is 0.493 e. The summed E-state index contributed by atoms with van der Waals surface area (Å²) in [7, 11) is 1.59. The van der Waals surface area contributed by atoms with Gasteiger partial charge in [0.05, 0.1) is 24.3 Å². The maximum Gasteiger partial charge on any atom is 0.254 e. The first kappa shape index (κ1) is 23.8. The molecule has 2 aromatic rings. The van der Waals surface area contributed by atoms with Gasteiger partial charge >= 0.3 is 0 Å². The number of benzene rings is 2. The number of nitrogens with zero attached hydrogens (tertiary/aromatic N) is 1. The lowest BCUT2D eigenvalue weighted by Gasteiger charge is -2.22. The SMILES string of the molecule is COc1cc(/C=N\NC(=O)CNC2CCCCC2)cc(Br)c1OCc1ccc(Br)cc1. The Kier molecular flexibility index (Phi) is 9.36. The fraction of sp³-hybridized carbons (Fsp3) is 0.391. The van der Waals surface area contributed by atoms with Gasteiger partial charge in [-0.2, -0.15) is 5.10 Å². The van der Waals surface area contributed by atoms with E-state index in [1.165, 1.54) is 19.3 Å². The van der Waals surface area contributed by atoms with Gasteiger partial charge in [-0.15, -0.1) is 0 Å². The van der Waals surface area contributed by atoms with Gasteiger partial charge in [0.2, 0.25) is 0 Å². The lowest BCUT2D eigenvalue weighted by atomic mass is 9.95. The van der Waals surface area contributed by atoms with Crippen molar-refractivity contribution < 1.29 is 14.3 Å². The first-order chi connectivity index (χ1) is 15.0. The molecule has 166 valence electrons. The van der Waals surface area contributed by atoms with Crippen LogP contribution in [0.5, 0.6) is 11.5 Å². The monoisotopic (exact) mass is 551 g/mol. The highest BCUT2D eigenvalue weighted by atomic mass is 79.9. The Balaban J connectivity index is 1.54. The van der Waals surface area contributed by atoms with Gasteiger partial charge in [0.1, 0.15) is 6.61 Å². The van der Waals surface area contributed by atoms with E-state index in [9.17, 15) is 4.79 Å². The molecule has 0 aromatic heterocycles. The Bertz CT molecular complexity index is 898. The molecule has 31 heavy (non-hydrogen) atoms. The van der Waals surface area contributed by atoms with Gasteiger partial charge in [0.15, 0.2) is 11.5 Å². The van der Waals surface area contributed by atoms with Crippen molar-refractivity contribution >= 4 is 44.0 Å². The minimum absolute atomic E-state index is 0.151. The van der Waals surface area contributed by atoms with Crippen molar-refractivity contribution in [1.29, 1.82) is 0 Å². The number of methoxy groups -OCH3 is 1. The van der Waals surface area contributed by atoms with Crippen molar-refractivity contribution in [2.75, 3.05) is 13.7 Å². The van der Waals surface area contributed by atoms with Crippen molar-refractivity contribution in [2.45, 2.75) is 44.8 Å². The highest BCUT2D eigenvalue weighted by Gasteiger charge is 2.14. The van der Waals surface area contributed by atoms with Crippen LogP contribution in [-0.4, -0.2) is 31.8 Å². The molecule has 6 nitrogen and oxygen atoms in total. The average molecular weight is 553 g/mol. The van der Waals surface area contributed by atoms with Crippen LogP contribution < -0.4 is 20.2 Å². The molecule has 2 aromatic carbocycles. The molecule has 1 saturated carbocycles. The van der Waals surface area contributed by atoms with Crippen molar-refractivity contribution in [1.82, 2.24) is 10.7 Å². The fourth-order valence-electron chi connectivity index (χ4n) is 3.45. The number of carbonyl (C=O) groups excluding carboxylic acids is 1. The van der Waals surface area contributed by atoms with Crippen LogP contribution in [0.1, 0.15) is 43.2 Å². The van der Waals surface area contributed by atoms with E-state index in [1.807, 2.05) is 36.4 Å². The summed E-state index contributed by atoms with van der Waals surface area (Å²) in [6.07, 6.45) is 7.63. The van der Waals surface area contributed by atoms with E-state index >= 15 is 0 Å². The number of hydrogen-bond donors (Lipinski definition) is 2. The maximum atomic E-state index is 12.0. The number of amides is 1. The predicted octanol–water partition coefficient (Wildman–Crippen LogP) is 5.17. The molecule has 0 bridgehead atoms. The van der Waals surface area contributed by atoms with Gasteiger partial charge in [0, 0.05) is 10.5 Å². The van der Waals surface area contributed by atoms with Crippen molar-refractivity contribution in [3.63, 3.8) is 0 Å². The van der Waals surface area contributed by atoms with Gasteiger partial charge in [0.25, 0.3) is 5.91 Å². The molecular weight excluding hydrogens is 526 g/mol. The molecule has 0 radical (unpaired) electrons. The van der Waals surface area contributed by atoms with E-state index in [0.717, 1.165) is 32.9 Å². The second-order valence-electron chi connectivity index (χ2n) is 7.46. The standard InChI is InChI=1S/C23H27Br2N3O3/c1-30-21-12-17(13-27-28-22(29)14-26-19-5-3-2-4-6-19)11-20(25)23(21)31-15-16-7-9-18(24)10-8-16/h7-13,19,26H,2-6,14-15H2,1H3,(H,28,29)/b27-13-. The van der Waals surface area contributed by atoms with Crippen LogP contribution in [0, 0.1) is 0 Å². The molecular formula is C23H27Br2N3O3. The third kappa shape index (κ3) is 7.63. The van der Waals surface area contributed by atoms with Crippen molar-refractivity contribution in [2.24, 2.45) is 5.10 Å². The highest BCUT2D eigenvalue weighted by molar-refractivity contribution is 9.10. The summed E-state index contributed by atoms with van der Waals surface area (Å²) >= 11 is 6.97. The summed E-state index contributed by atoms with van der Waals surface area (Å²) in [5.41, 5.74) is 4.40. The second-order valence-corrected chi connectivity index (χ2v) is 9.23. The average Bonchev–Trinajstić information content (AvgIpc) is 2.78. The zero-order valence-electron chi connectivity index (χ0n) is 17.5. The van der Waals surface area contributed by atoms with Crippen molar-refractivity contribution in [3.8, 4) is 11.5 Å². The Morgan fingerprint density at radius 1 is 1.16 bits per heavy atom. The van der Waals surface area contributed by atoms with Gasteiger partial charge in [-0.3, -0.25) is 4.79 Å². The van der Waals surface area contributed by atoms with Gasteiger partial charge in [-0.25, -0.2) is 5.43 Å². The molecule has 0 atom stereocenters. The lowest BCUT2D eigenvalue weighted by Crippen LogP contribution is -2.38. The maximum absolute atomic E-state index is 12.0. The Morgan fingerprint density at radius 2 is 1.90 bits per heavy atom. The van der Waals surface area contributed by atoms with E-state index in [4.69, 9.17) is 9.47 Å². The van der Waals surface area contributed by atoms with E-state index < -0.39 is 0 Å². The fourth-order valence-corrected chi connectivity index (χ4v) is 4.29. The number of carbonyl (C=O) groups is 1. The molecule has 1 amide bonds. The number of hydrazone groups is 1.